The van der Waals surface area contributed by atoms with E-state index in [4.69, 9.17) is 0 Å². The lowest BCUT2D eigenvalue weighted by Gasteiger charge is -2.16. The number of nitrogens with one attached hydrogen (secondary N) is 1. The van der Waals surface area contributed by atoms with E-state index in [0.717, 1.165) is 22.6 Å². The van der Waals surface area contributed by atoms with E-state index in [1.54, 1.807) is 17.2 Å². The summed E-state index contributed by atoms with van der Waals surface area (Å²) >= 11 is 0. The lowest BCUT2D eigenvalue weighted by atomic mass is 10.1. The molecular weight excluding hydrogens is 302 g/mol. The zero-order valence-corrected chi connectivity index (χ0v) is 14.3. The van der Waals surface area contributed by atoms with Crippen LogP contribution in [0.3, 0.4) is 0 Å². The number of carbonyl (C=O) groups excluding carboxylic acids is 1. The van der Waals surface area contributed by atoms with E-state index in [1.807, 2.05) is 56.8 Å². The third-order valence-corrected chi connectivity index (χ3v) is 4.26. The molecule has 0 aliphatic rings. The molecule has 0 unspecified atom stereocenters. The van der Waals surface area contributed by atoms with Gasteiger partial charge in [-0.3, -0.25) is 9.48 Å². The highest BCUT2D eigenvalue weighted by Crippen LogP contribution is 2.19. The topological polar surface area (TPSA) is 64.7 Å². The van der Waals surface area contributed by atoms with Crippen molar-refractivity contribution in [2.75, 3.05) is 0 Å². The van der Waals surface area contributed by atoms with Crippen LogP contribution in [0.4, 0.5) is 0 Å². The van der Waals surface area contributed by atoms with Crippen LogP contribution in [0.15, 0.2) is 43.0 Å². The molecule has 0 saturated heterocycles. The number of rotatable bonds is 4. The number of imidazole rings is 1. The second-order valence-corrected chi connectivity index (χ2v) is 5.93. The number of aryl methyl sites for hydroxylation is 2. The highest BCUT2D eigenvalue weighted by atomic mass is 16.1. The monoisotopic (exact) mass is 323 g/mol. The maximum atomic E-state index is 12.6. The first-order valence-electron chi connectivity index (χ1n) is 7.86. The first-order valence-corrected chi connectivity index (χ1v) is 7.86. The van der Waals surface area contributed by atoms with Crippen molar-refractivity contribution in [2.24, 2.45) is 7.05 Å². The van der Waals surface area contributed by atoms with Gasteiger partial charge in [-0.1, -0.05) is 12.1 Å². The third kappa shape index (κ3) is 2.95. The Balaban J connectivity index is 1.81. The first kappa shape index (κ1) is 16.0. The molecule has 1 aromatic carbocycles. The Morgan fingerprint density at radius 1 is 1.29 bits per heavy atom. The SMILES string of the molecule is Cc1nn(C)c(C)c1C(=O)N[C@@H](C)c1cccc(-n2ccnc2)c1. The van der Waals surface area contributed by atoms with Gasteiger partial charge in [-0.15, -0.1) is 0 Å². The molecule has 1 N–H and O–H groups in total. The maximum Gasteiger partial charge on any atom is 0.255 e. The lowest BCUT2D eigenvalue weighted by molar-refractivity contribution is 0.0938. The highest BCUT2D eigenvalue weighted by molar-refractivity contribution is 5.96. The van der Waals surface area contributed by atoms with Crippen molar-refractivity contribution in [2.45, 2.75) is 26.8 Å². The molecular formula is C18H21N5O. The van der Waals surface area contributed by atoms with E-state index in [2.05, 4.69) is 21.5 Å². The van der Waals surface area contributed by atoms with Gasteiger partial charge in [-0.05, 0) is 38.5 Å². The molecule has 2 aromatic heterocycles. The van der Waals surface area contributed by atoms with Crippen molar-refractivity contribution >= 4 is 5.91 Å². The smallest absolute Gasteiger partial charge is 0.255 e. The number of hydrogen-bond donors (Lipinski definition) is 1. The normalized spacial score (nSPS) is 12.2. The Morgan fingerprint density at radius 3 is 2.71 bits per heavy atom. The summed E-state index contributed by atoms with van der Waals surface area (Å²) in [5, 5.41) is 7.37. The number of amides is 1. The second kappa shape index (κ2) is 6.31. The molecule has 0 bridgehead atoms. The van der Waals surface area contributed by atoms with Crippen molar-refractivity contribution in [1.29, 1.82) is 0 Å². The van der Waals surface area contributed by atoms with Gasteiger partial charge in [0.2, 0.25) is 0 Å². The summed E-state index contributed by atoms with van der Waals surface area (Å²) in [7, 11) is 1.84. The quantitative estimate of drug-likeness (QED) is 0.803. The summed E-state index contributed by atoms with van der Waals surface area (Å²) in [6.45, 7) is 5.73. The van der Waals surface area contributed by atoms with Gasteiger partial charge in [0.25, 0.3) is 5.91 Å². The van der Waals surface area contributed by atoms with Crippen molar-refractivity contribution in [1.82, 2.24) is 24.6 Å². The number of nitrogens with zero attached hydrogens (tertiary/aromatic N) is 4. The molecule has 6 heteroatoms. The molecule has 24 heavy (non-hydrogen) atoms. The van der Waals surface area contributed by atoms with Gasteiger partial charge in [-0.25, -0.2) is 4.98 Å². The van der Waals surface area contributed by atoms with E-state index in [9.17, 15) is 4.79 Å². The molecule has 1 amide bonds. The first-order chi connectivity index (χ1) is 11.5. The van der Waals surface area contributed by atoms with E-state index in [1.165, 1.54) is 0 Å². The zero-order valence-electron chi connectivity index (χ0n) is 14.3. The molecule has 0 aliphatic carbocycles. The van der Waals surface area contributed by atoms with Crippen LogP contribution in [-0.4, -0.2) is 25.2 Å². The molecule has 0 radical (unpaired) electrons. The minimum Gasteiger partial charge on any atom is -0.345 e. The van der Waals surface area contributed by atoms with Crippen LogP contribution in [-0.2, 0) is 7.05 Å². The average molecular weight is 323 g/mol. The summed E-state index contributed by atoms with van der Waals surface area (Å²) in [5.74, 6) is -0.0985. The molecule has 0 spiro atoms. The van der Waals surface area contributed by atoms with Gasteiger partial charge in [0.05, 0.1) is 23.6 Å². The number of aromatic nitrogens is 4. The van der Waals surface area contributed by atoms with Gasteiger partial charge in [0.15, 0.2) is 0 Å². The summed E-state index contributed by atoms with van der Waals surface area (Å²) < 4.78 is 3.67. The number of carbonyl (C=O) groups is 1. The number of benzene rings is 1. The summed E-state index contributed by atoms with van der Waals surface area (Å²) in [6, 6.07) is 7.94. The van der Waals surface area contributed by atoms with Crippen LogP contribution in [0.5, 0.6) is 0 Å². The Hall–Kier alpha value is -2.89. The predicted octanol–water partition coefficient (Wildman–Crippen LogP) is 2.71. The molecule has 0 fully saturated rings. The van der Waals surface area contributed by atoms with Crippen LogP contribution in [0.2, 0.25) is 0 Å². The van der Waals surface area contributed by atoms with Gasteiger partial charge in [-0.2, -0.15) is 5.10 Å². The van der Waals surface area contributed by atoms with Crippen LogP contribution >= 0.6 is 0 Å². The number of hydrogen-bond acceptors (Lipinski definition) is 3. The van der Waals surface area contributed by atoms with Crippen LogP contribution in [0.25, 0.3) is 5.69 Å². The summed E-state index contributed by atoms with van der Waals surface area (Å²) in [4.78, 5) is 16.7. The Labute approximate surface area is 141 Å². The average Bonchev–Trinajstić information content (AvgIpc) is 3.16. The molecule has 6 nitrogen and oxygen atoms in total. The van der Waals surface area contributed by atoms with E-state index < -0.39 is 0 Å². The van der Waals surface area contributed by atoms with Crippen LogP contribution in [0, 0.1) is 13.8 Å². The molecule has 2 heterocycles. The van der Waals surface area contributed by atoms with E-state index >= 15 is 0 Å². The molecule has 3 aromatic rings. The summed E-state index contributed by atoms with van der Waals surface area (Å²) in [6.07, 6.45) is 5.39. The van der Waals surface area contributed by atoms with Crippen LogP contribution in [0.1, 0.15) is 40.3 Å². The Bertz CT molecular complexity index is 864. The van der Waals surface area contributed by atoms with Gasteiger partial charge < -0.3 is 9.88 Å². The minimum absolute atomic E-state index is 0.0985. The molecule has 1 atom stereocenters. The Kier molecular flexibility index (Phi) is 4.20. The molecule has 0 saturated carbocycles. The fraction of sp³-hybridized carbons (Fsp3) is 0.278. The van der Waals surface area contributed by atoms with Crippen molar-refractivity contribution in [3.8, 4) is 5.69 Å². The standard InChI is InChI=1S/C18H21N5O/c1-12(20-18(24)17-13(2)21-22(4)14(17)3)15-6-5-7-16(10-15)23-9-8-19-11-23/h5-12H,1-4H3,(H,20,24)/t12-/m0/s1. The van der Waals surface area contributed by atoms with Crippen molar-refractivity contribution in [3.05, 3.63) is 65.5 Å². The third-order valence-electron chi connectivity index (χ3n) is 4.26. The second-order valence-electron chi connectivity index (χ2n) is 5.93. The van der Waals surface area contributed by atoms with Gasteiger partial charge >= 0.3 is 0 Å². The minimum atomic E-state index is -0.111. The summed E-state index contributed by atoms with van der Waals surface area (Å²) in [5.41, 5.74) is 4.31. The van der Waals surface area contributed by atoms with E-state index in [0.29, 0.717) is 5.56 Å². The fourth-order valence-electron chi connectivity index (χ4n) is 2.82. The predicted molar refractivity (Wildman–Crippen MR) is 92.1 cm³/mol. The fourth-order valence-corrected chi connectivity index (χ4v) is 2.82. The van der Waals surface area contributed by atoms with Gasteiger partial charge in [0.1, 0.15) is 0 Å². The largest absolute Gasteiger partial charge is 0.345 e. The van der Waals surface area contributed by atoms with Crippen molar-refractivity contribution < 1.29 is 4.79 Å². The highest BCUT2D eigenvalue weighted by Gasteiger charge is 2.19. The Morgan fingerprint density at radius 2 is 2.08 bits per heavy atom. The molecule has 3 rings (SSSR count). The van der Waals surface area contributed by atoms with Crippen LogP contribution < -0.4 is 5.32 Å². The van der Waals surface area contributed by atoms with Gasteiger partial charge in [0, 0.05) is 30.8 Å². The molecule has 124 valence electrons. The van der Waals surface area contributed by atoms with E-state index in [-0.39, 0.29) is 11.9 Å². The van der Waals surface area contributed by atoms with Crippen molar-refractivity contribution in [3.63, 3.8) is 0 Å². The lowest BCUT2D eigenvalue weighted by Crippen LogP contribution is -2.27. The molecule has 0 aliphatic heterocycles. The zero-order chi connectivity index (χ0) is 17.3. The maximum absolute atomic E-state index is 12.6.